The van der Waals surface area contributed by atoms with Gasteiger partial charge in [-0.05, 0) is 69.7 Å². The fourth-order valence-electron chi connectivity index (χ4n) is 3.11. The summed E-state index contributed by atoms with van der Waals surface area (Å²) in [5, 5.41) is 3.94. The number of halogens is 3. The molecule has 0 aromatic heterocycles. The first-order valence-corrected chi connectivity index (χ1v) is 13.4. The Kier molecular flexibility index (Phi) is 9.27. The van der Waals surface area contributed by atoms with Crippen molar-refractivity contribution in [3.05, 3.63) is 63.1 Å². The molecule has 0 saturated heterocycles. The Morgan fingerprint density at radius 2 is 1.59 bits per heavy atom. The zero-order chi connectivity index (χ0) is 25.8. The lowest BCUT2D eigenvalue weighted by Crippen LogP contribution is -2.54. The minimum atomic E-state index is -3.82. The topological polar surface area (TPSA) is 86.8 Å². The highest BCUT2D eigenvalue weighted by molar-refractivity contribution is 7.92. The van der Waals surface area contributed by atoms with Crippen LogP contribution >= 0.6 is 34.8 Å². The number of benzene rings is 2. The summed E-state index contributed by atoms with van der Waals surface area (Å²) in [6.45, 7) is 6.59. The molecule has 34 heavy (non-hydrogen) atoms. The van der Waals surface area contributed by atoms with Crippen LogP contribution in [0.5, 0.6) is 0 Å². The molecule has 1 unspecified atom stereocenters. The van der Waals surface area contributed by atoms with Gasteiger partial charge in [0.25, 0.3) is 0 Å². The lowest BCUT2D eigenvalue weighted by Gasteiger charge is -2.33. The second kappa shape index (κ2) is 11.2. The van der Waals surface area contributed by atoms with Gasteiger partial charge in [0.05, 0.1) is 22.0 Å². The number of rotatable bonds is 8. The Bertz CT molecular complexity index is 1150. The van der Waals surface area contributed by atoms with Crippen molar-refractivity contribution in [3.8, 4) is 0 Å². The number of hydrogen-bond acceptors (Lipinski definition) is 4. The molecule has 2 rings (SSSR count). The molecular formula is C23H28Cl3N3O4S. The SMILES string of the molecule is CC(C(=O)NC(C)(C)C)N(Cc1ccc(Cl)c(Cl)c1)C(=O)CN(c1ccc(Cl)cc1)S(C)(=O)=O. The van der Waals surface area contributed by atoms with Gasteiger partial charge in [0, 0.05) is 17.1 Å². The van der Waals surface area contributed by atoms with Crippen molar-refractivity contribution in [2.24, 2.45) is 0 Å². The van der Waals surface area contributed by atoms with Crippen molar-refractivity contribution in [1.82, 2.24) is 10.2 Å². The van der Waals surface area contributed by atoms with Crippen molar-refractivity contribution in [3.63, 3.8) is 0 Å². The summed E-state index contributed by atoms with van der Waals surface area (Å²) in [6, 6.07) is 10.1. The molecule has 1 N–H and O–H groups in total. The zero-order valence-corrected chi connectivity index (χ0v) is 22.7. The Morgan fingerprint density at radius 3 is 2.09 bits per heavy atom. The molecule has 1 atom stereocenters. The van der Waals surface area contributed by atoms with Gasteiger partial charge in [-0.3, -0.25) is 13.9 Å². The highest BCUT2D eigenvalue weighted by atomic mass is 35.5. The first kappa shape index (κ1) is 28.2. The minimum Gasteiger partial charge on any atom is -0.350 e. The van der Waals surface area contributed by atoms with Gasteiger partial charge in [-0.1, -0.05) is 40.9 Å². The third kappa shape index (κ3) is 8.05. The molecule has 0 saturated carbocycles. The van der Waals surface area contributed by atoms with Crippen LogP contribution in [0.3, 0.4) is 0 Å². The van der Waals surface area contributed by atoms with Crippen LogP contribution in [0, 0.1) is 0 Å². The summed E-state index contributed by atoms with van der Waals surface area (Å²) in [5.41, 5.74) is 0.392. The summed E-state index contributed by atoms with van der Waals surface area (Å²) in [4.78, 5) is 27.7. The van der Waals surface area contributed by atoms with Crippen molar-refractivity contribution in [1.29, 1.82) is 0 Å². The monoisotopic (exact) mass is 547 g/mol. The number of carbonyl (C=O) groups is 2. The van der Waals surface area contributed by atoms with E-state index >= 15 is 0 Å². The molecule has 0 heterocycles. The second-order valence-electron chi connectivity index (χ2n) is 8.93. The Hall–Kier alpha value is -2.00. The molecule has 0 radical (unpaired) electrons. The number of hydrogen-bond donors (Lipinski definition) is 1. The molecule has 0 aliphatic heterocycles. The van der Waals surface area contributed by atoms with Gasteiger partial charge in [0.1, 0.15) is 12.6 Å². The Labute approximate surface area is 216 Å². The normalized spacial score (nSPS) is 12.7. The number of nitrogens with zero attached hydrogens (tertiary/aromatic N) is 2. The van der Waals surface area contributed by atoms with Gasteiger partial charge in [-0.15, -0.1) is 0 Å². The smallest absolute Gasteiger partial charge is 0.244 e. The summed E-state index contributed by atoms with van der Waals surface area (Å²) in [5.74, 6) is -0.943. The van der Waals surface area contributed by atoms with E-state index in [1.807, 2.05) is 20.8 Å². The minimum absolute atomic E-state index is 0.0205. The predicted octanol–water partition coefficient (Wildman–Crippen LogP) is 4.74. The van der Waals surface area contributed by atoms with E-state index in [-0.39, 0.29) is 18.1 Å². The van der Waals surface area contributed by atoms with Crippen molar-refractivity contribution >= 4 is 62.3 Å². The van der Waals surface area contributed by atoms with Gasteiger partial charge in [-0.25, -0.2) is 8.42 Å². The summed E-state index contributed by atoms with van der Waals surface area (Å²) < 4.78 is 26.0. The van der Waals surface area contributed by atoms with E-state index in [1.165, 1.54) is 29.2 Å². The quantitative estimate of drug-likeness (QED) is 0.516. The maximum Gasteiger partial charge on any atom is 0.244 e. The largest absolute Gasteiger partial charge is 0.350 e. The zero-order valence-electron chi connectivity index (χ0n) is 19.6. The highest BCUT2D eigenvalue weighted by Crippen LogP contribution is 2.25. The van der Waals surface area contributed by atoms with Crippen LogP contribution in [0.15, 0.2) is 42.5 Å². The van der Waals surface area contributed by atoms with Crippen LogP contribution in [0.25, 0.3) is 0 Å². The summed E-state index contributed by atoms with van der Waals surface area (Å²) in [6.07, 6.45) is 1.01. The van der Waals surface area contributed by atoms with Gasteiger partial charge in [-0.2, -0.15) is 0 Å². The number of sulfonamides is 1. The van der Waals surface area contributed by atoms with Gasteiger partial charge >= 0.3 is 0 Å². The molecule has 0 bridgehead atoms. The molecule has 11 heteroatoms. The lowest BCUT2D eigenvalue weighted by atomic mass is 10.1. The van der Waals surface area contributed by atoms with E-state index in [9.17, 15) is 18.0 Å². The third-order valence-electron chi connectivity index (χ3n) is 4.80. The molecule has 0 aliphatic rings. The molecule has 0 aliphatic carbocycles. The summed E-state index contributed by atoms with van der Waals surface area (Å²) >= 11 is 18.1. The number of nitrogens with one attached hydrogen (secondary N) is 1. The van der Waals surface area contributed by atoms with E-state index in [0.29, 0.717) is 20.6 Å². The fourth-order valence-corrected chi connectivity index (χ4v) is 4.41. The Morgan fingerprint density at radius 1 is 1.00 bits per heavy atom. The van der Waals surface area contributed by atoms with Crippen LogP contribution in [0.1, 0.15) is 33.3 Å². The van der Waals surface area contributed by atoms with E-state index in [4.69, 9.17) is 34.8 Å². The lowest BCUT2D eigenvalue weighted by molar-refractivity contribution is -0.140. The second-order valence-corrected chi connectivity index (χ2v) is 12.1. The molecule has 7 nitrogen and oxygen atoms in total. The summed E-state index contributed by atoms with van der Waals surface area (Å²) in [7, 11) is -3.82. The molecule has 2 aromatic carbocycles. The van der Waals surface area contributed by atoms with Crippen molar-refractivity contribution in [2.75, 3.05) is 17.1 Å². The maximum absolute atomic E-state index is 13.5. The van der Waals surface area contributed by atoms with E-state index in [0.717, 1.165) is 10.6 Å². The molecular weight excluding hydrogens is 521 g/mol. The van der Waals surface area contributed by atoms with Crippen LogP contribution in [0.2, 0.25) is 15.1 Å². The van der Waals surface area contributed by atoms with Crippen LogP contribution in [0.4, 0.5) is 5.69 Å². The standard InChI is InChI=1S/C23H28Cl3N3O4S/c1-15(22(31)27-23(2,3)4)28(13-16-6-11-19(25)20(26)12-16)21(30)14-29(34(5,32)33)18-9-7-17(24)8-10-18/h6-12,15H,13-14H2,1-5H3,(H,27,31). The van der Waals surface area contributed by atoms with E-state index < -0.39 is 34.1 Å². The molecule has 0 spiro atoms. The molecule has 2 amide bonds. The van der Waals surface area contributed by atoms with E-state index in [1.54, 1.807) is 25.1 Å². The van der Waals surface area contributed by atoms with Crippen molar-refractivity contribution < 1.29 is 18.0 Å². The molecule has 186 valence electrons. The number of carbonyl (C=O) groups excluding carboxylic acids is 2. The maximum atomic E-state index is 13.5. The molecule has 0 fully saturated rings. The fraction of sp³-hybridized carbons (Fsp3) is 0.391. The highest BCUT2D eigenvalue weighted by Gasteiger charge is 2.31. The van der Waals surface area contributed by atoms with Crippen molar-refractivity contribution in [2.45, 2.75) is 45.8 Å². The average molecular weight is 549 g/mol. The first-order chi connectivity index (χ1) is 15.6. The first-order valence-electron chi connectivity index (χ1n) is 10.4. The van der Waals surface area contributed by atoms with Crippen LogP contribution in [-0.4, -0.2) is 49.5 Å². The third-order valence-corrected chi connectivity index (χ3v) is 6.93. The predicted molar refractivity (Wildman–Crippen MR) is 138 cm³/mol. The average Bonchev–Trinajstić information content (AvgIpc) is 2.71. The molecule has 2 aromatic rings. The van der Waals surface area contributed by atoms with Crippen LogP contribution < -0.4 is 9.62 Å². The number of anilines is 1. The van der Waals surface area contributed by atoms with Gasteiger partial charge in [0.15, 0.2) is 0 Å². The Balaban J connectivity index is 2.42. The number of amides is 2. The van der Waals surface area contributed by atoms with Crippen LogP contribution in [-0.2, 0) is 26.2 Å². The van der Waals surface area contributed by atoms with Gasteiger partial charge in [0.2, 0.25) is 21.8 Å². The van der Waals surface area contributed by atoms with E-state index in [2.05, 4.69) is 5.32 Å². The van der Waals surface area contributed by atoms with Gasteiger partial charge < -0.3 is 10.2 Å².